The molecule has 2 unspecified atom stereocenters. The summed E-state index contributed by atoms with van der Waals surface area (Å²) >= 11 is 12.1. The number of hydrogen-bond donors (Lipinski definition) is 2. The summed E-state index contributed by atoms with van der Waals surface area (Å²) in [6.45, 7) is 0. The smallest absolute Gasteiger partial charge is 0.100 e. The van der Waals surface area contributed by atoms with Crippen LogP contribution in [0.25, 0.3) is 0 Å². The van der Waals surface area contributed by atoms with Gasteiger partial charge in [0.1, 0.15) is 6.10 Å². The van der Waals surface area contributed by atoms with Crippen LogP contribution >= 0.6 is 23.2 Å². The second-order valence-corrected chi connectivity index (χ2v) is 5.90. The Hall–Kier alpha value is -1.22. The molecule has 2 aromatic carbocycles. The number of nitrogens with one attached hydrogen (secondary N) is 1. The fraction of sp³-hybridized carbons (Fsp3) is 0.250. The lowest BCUT2D eigenvalue weighted by molar-refractivity contribution is 0.149. The van der Waals surface area contributed by atoms with Crippen molar-refractivity contribution in [3.05, 3.63) is 63.6 Å². The Morgan fingerprint density at radius 2 is 1.95 bits per heavy atom. The summed E-state index contributed by atoms with van der Waals surface area (Å²) in [6.07, 6.45) is 1.18. The van der Waals surface area contributed by atoms with Gasteiger partial charge in [0.15, 0.2) is 0 Å². The minimum absolute atomic E-state index is 0.0384. The van der Waals surface area contributed by atoms with Crippen LogP contribution in [0.4, 0.5) is 5.69 Å². The van der Waals surface area contributed by atoms with Crippen LogP contribution in [0, 0.1) is 0 Å². The van der Waals surface area contributed by atoms with Gasteiger partial charge in [-0.2, -0.15) is 0 Å². The zero-order chi connectivity index (χ0) is 14.1. The van der Waals surface area contributed by atoms with E-state index in [1.165, 1.54) is 5.56 Å². The number of anilines is 1. The average Bonchev–Trinajstić information content (AvgIpc) is 2.46. The van der Waals surface area contributed by atoms with Crippen molar-refractivity contribution in [1.29, 1.82) is 0 Å². The first kappa shape index (κ1) is 13.7. The lowest BCUT2D eigenvalue weighted by Crippen LogP contribution is -2.31. The number of halogens is 2. The monoisotopic (exact) mass is 307 g/mol. The van der Waals surface area contributed by atoms with E-state index in [2.05, 4.69) is 11.4 Å². The van der Waals surface area contributed by atoms with Gasteiger partial charge in [-0.25, -0.2) is 0 Å². The molecule has 0 saturated heterocycles. The van der Waals surface area contributed by atoms with Gasteiger partial charge >= 0.3 is 0 Å². The Kier molecular flexibility index (Phi) is 3.88. The Labute approximate surface area is 128 Å². The molecule has 0 radical (unpaired) electrons. The molecule has 0 amide bonds. The van der Waals surface area contributed by atoms with Crippen molar-refractivity contribution in [2.75, 3.05) is 5.32 Å². The van der Waals surface area contributed by atoms with Gasteiger partial charge in [-0.15, -0.1) is 0 Å². The maximum atomic E-state index is 10.6. The summed E-state index contributed by atoms with van der Waals surface area (Å²) < 4.78 is 0. The highest BCUT2D eigenvalue weighted by Gasteiger charge is 2.26. The first-order valence-corrected chi connectivity index (χ1v) is 7.38. The van der Waals surface area contributed by atoms with E-state index >= 15 is 0 Å². The van der Waals surface area contributed by atoms with Crippen molar-refractivity contribution >= 4 is 28.9 Å². The number of aliphatic hydroxyl groups is 1. The molecule has 20 heavy (non-hydrogen) atoms. The molecule has 104 valence electrons. The van der Waals surface area contributed by atoms with Crippen LogP contribution in [0.15, 0.2) is 42.5 Å². The molecule has 0 saturated carbocycles. The van der Waals surface area contributed by atoms with Crippen molar-refractivity contribution in [3.8, 4) is 0 Å². The third-order valence-corrected chi connectivity index (χ3v) is 4.31. The number of fused-ring (bicyclic) bond motifs is 1. The van der Waals surface area contributed by atoms with Crippen LogP contribution in [0.2, 0.25) is 10.0 Å². The third-order valence-electron chi connectivity index (χ3n) is 3.75. The van der Waals surface area contributed by atoms with Gasteiger partial charge in [0.25, 0.3) is 0 Å². The molecule has 0 fully saturated rings. The Balaban J connectivity index is 1.84. The van der Waals surface area contributed by atoms with Crippen molar-refractivity contribution in [3.63, 3.8) is 0 Å². The largest absolute Gasteiger partial charge is 0.386 e. The highest BCUT2D eigenvalue weighted by Crippen LogP contribution is 2.34. The lowest BCUT2D eigenvalue weighted by atomic mass is 9.92. The normalized spacial score (nSPS) is 19.1. The van der Waals surface area contributed by atoms with Gasteiger partial charge in [0, 0.05) is 21.3 Å². The zero-order valence-corrected chi connectivity index (χ0v) is 12.3. The molecule has 0 aromatic heterocycles. The van der Waals surface area contributed by atoms with E-state index in [0.29, 0.717) is 15.6 Å². The van der Waals surface area contributed by atoms with Gasteiger partial charge in [-0.3, -0.25) is 0 Å². The van der Waals surface area contributed by atoms with Crippen LogP contribution in [-0.2, 0) is 6.42 Å². The van der Waals surface area contributed by atoms with Gasteiger partial charge in [0.05, 0.1) is 6.04 Å². The summed E-state index contributed by atoms with van der Waals surface area (Å²) in [7, 11) is 0. The fourth-order valence-electron chi connectivity index (χ4n) is 2.66. The molecule has 3 rings (SSSR count). The average molecular weight is 308 g/mol. The molecular formula is C16H15Cl2NO. The Bertz CT molecular complexity index is 630. The van der Waals surface area contributed by atoms with Crippen molar-refractivity contribution < 1.29 is 5.11 Å². The first-order valence-electron chi connectivity index (χ1n) is 6.62. The maximum absolute atomic E-state index is 10.6. The number of aryl methyl sites for hydroxylation is 1. The van der Waals surface area contributed by atoms with Gasteiger partial charge in [-0.1, -0.05) is 47.5 Å². The van der Waals surface area contributed by atoms with E-state index in [-0.39, 0.29) is 6.04 Å². The summed E-state index contributed by atoms with van der Waals surface area (Å²) in [5.74, 6) is 0. The van der Waals surface area contributed by atoms with Gasteiger partial charge < -0.3 is 10.4 Å². The number of hydrogen-bond acceptors (Lipinski definition) is 2. The zero-order valence-electron chi connectivity index (χ0n) is 10.8. The highest BCUT2D eigenvalue weighted by atomic mass is 35.5. The van der Waals surface area contributed by atoms with Crippen LogP contribution in [0.1, 0.15) is 23.7 Å². The minimum atomic E-state index is -0.645. The molecule has 2 nitrogen and oxygen atoms in total. The van der Waals surface area contributed by atoms with Crippen LogP contribution < -0.4 is 5.32 Å². The number of para-hydroxylation sites is 1. The number of rotatable bonds is 2. The van der Waals surface area contributed by atoms with E-state index in [1.54, 1.807) is 18.2 Å². The molecule has 0 bridgehead atoms. The highest BCUT2D eigenvalue weighted by molar-refractivity contribution is 6.35. The molecule has 1 aliphatic heterocycles. The molecule has 1 aliphatic rings. The number of benzene rings is 2. The van der Waals surface area contributed by atoms with Crippen LogP contribution in [0.3, 0.4) is 0 Å². The second kappa shape index (κ2) is 5.65. The van der Waals surface area contributed by atoms with E-state index in [1.807, 2.05) is 18.2 Å². The molecule has 4 heteroatoms. The van der Waals surface area contributed by atoms with Gasteiger partial charge in [-0.05, 0) is 36.6 Å². The predicted octanol–water partition coefficient (Wildman–Crippen LogP) is 4.45. The Morgan fingerprint density at radius 3 is 2.75 bits per heavy atom. The van der Waals surface area contributed by atoms with Crippen molar-refractivity contribution in [2.24, 2.45) is 0 Å². The van der Waals surface area contributed by atoms with Crippen LogP contribution in [-0.4, -0.2) is 11.1 Å². The maximum Gasteiger partial charge on any atom is 0.100 e. The van der Waals surface area contributed by atoms with Crippen molar-refractivity contribution in [1.82, 2.24) is 0 Å². The quantitative estimate of drug-likeness (QED) is 0.859. The Morgan fingerprint density at radius 1 is 1.15 bits per heavy atom. The molecule has 0 spiro atoms. The molecule has 0 aliphatic carbocycles. The second-order valence-electron chi connectivity index (χ2n) is 5.06. The molecule has 1 heterocycles. The first-order chi connectivity index (χ1) is 9.65. The lowest BCUT2D eigenvalue weighted by Gasteiger charge is -2.31. The summed E-state index contributed by atoms with van der Waals surface area (Å²) in [5.41, 5.74) is 3.10. The predicted molar refractivity (Wildman–Crippen MR) is 83.6 cm³/mol. The third kappa shape index (κ3) is 2.64. The molecule has 2 atom stereocenters. The summed E-state index contributed by atoms with van der Waals surface area (Å²) in [4.78, 5) is 0. The summed E-state index contributed by atoms with van der Waals surface area (Å²) in [6, 6.07) is 13.4. The van der Waals surface area contributed by atoms with E-state index in [4.69, 9.17) is 23.2 Å². The van der Waals surface area contributed by atoms with Crippen molar-refractivity contribution in [2.45, 2.75) is 25.0 Å². The fourth-order valence-corrected chi connectivity index (χ4v) is 3.18. The molecular weight excluding hydrogens is 293 g/mol. The van der Waals surface area contributed by atoms with E-state index in [9.17, 15) is 5.11 Å². The standard InChI is InChI=1S/C16H15Cl2NO/c17-11-6-7-12(13(18)9-11)16(20)15-8-5-10-3-1-2-4-14(10)19-15/h1-4,6-7,9,15-16,19-20H,5,8H2. The summed E-state index contributed by atoms with van der Waals surface area (Å²) in [5, 5.41) is 15.0. The topological polar surface area (TPSA) is 32.3 Å². The van der Waals surface area contributed by atoms with Crippen LogP contribution in [0.5, 0.6) is 0 Å². The SMILES string of the molecule is OC(c1ccc(Cl)cc1Cl)C1CCc2ccccc2N1. The van der Waals surface area contributed by atoms with E-state index in [0.717, 1.165) is 18.5 Å². The molecule has 2 N–H and O–H groups in total. The van der Waals surface area contributed by atoms with Gasteiger partial charge in [0.2, 0.25) is 0 Å². The van der Waals surface area contributed by atoms with E-state index < -0.39 is 6.10 Å². The number of aliphatic hydroxyl groups excluding tert-OH is 1. The minimum Gasteiger partial charge on any atom is -0.386 e. The molecule has 2 aromatic rings.